The molecule has 1 aliphatic heterocycles. The summed E-state index contributed by atoms with van der Waals surface area (Å²) < 4.78 is 26.0. The van der Waals surface area contributed by atoms with Gasteiger partial charge in [0, 0.05) is 32.7 Å². The molecule has 26 heavy (non-hydrogen) atoms. The Labute approximate surface area is 151 Å². The van der Waals surface area contributed by atoms with Gasteiger partial charge in [0.05, 0.1) is 0 Å². The normalized spacial score (nSPS) is 17.0. The van der Waals surface area contributed by atoms with E-state index in [1.165, 1.54) is 36.4 Å². The first kappa shape index (κ1) is 18.5. The third kappa shape index (κ3) is 4.65. The third-order valence-corrected chi connectivity index (χ3v) is 4.64. The molecule has 0 radical (unpaired) electrons. The standard InChI is InChI=1S/C20H22F2N2O2/c21-17-6-2-15(3-7-17)14-23-10-1-11-24(13-12-23)20(26)19(25)16-4-8-18(22)9-5-16/h2-9,19,25H,1,10-14H2/t19-/m1/s1. The number of amides is 1. The molecule has 1 atom stereocenters. The highest BCUT2D eigenvalue weighted by Gasteiger charge is 2.25. The van der Waals surface area contributed by atoms with Crippen LogP contribution in [0.25, 0.3) is 0 Å². The number of nitrogens with zero attached hydrogens (tertiary/aromatic N) is 2. The molecule has 2 aromatic rings. The number of hydrogen-bond donors (Lipinski definition) is 1. The predicted octanol–water partition coefficient (Wildman–Crippen LogP) is 2.73. The van der Waals surface area contributed by atoms with Gasteiger partial charge in [-0.15, -0.1) is 0 Å². The average Bonchev–Trinajstić information content (AvgIpc) is 2.89. The lowest BCUT2D eigenvalue weighted by Crippen LogP contribution is -2.38. The summed E-state index contributed by atoms with van der Waals surface area (Å²) in [4.78, 5) is 16.4. The molecule has 0 aliphatic carbocycles. The van der Waals surface area contributed by atoms with Crippen molar-refractivity contribution in [1.82, 2.24) is 9.80 Å². The number of halogens is 2. The predicted molar refractivity (Wildman–Crippen MR) is 94.2 cm³/mol. The van der Waals surface area contributed by atoms with E-state index in [0.29, 0.717) is 31.7 Å². The van der Waals surface area contributed by atoms with Crippen molar-refractivity contribution in [3.05, 3.63) is 71.3 Å². The fourth-order valence-corrected chi connectivity index (χ4v) is 3.16. The molecule has 2 aromatic carbocycles. The highest BCUT2D eigenvalue weighted by molar-refractivity contribution is 5.82. The van der Waals surface area contributed by atoms with Crippen molar-refractivity contribution in [2.24, 2.45) is 0 Å². The minimum atomic E-state index is -1.28. The number of carbonyl (C=O) groups is 1. The summed E-state index contributed by atoms with van der Waals surface area (Å²) in [6.07, 6.45) is -0.484. The molecular formula is C20H22F2N2O2. The van der Waals surface area contributed by atoms with Gasteiger partial charge in [-0.05, 0) is 41.8 Å². The molecule has 1 N–H and O–H groups in total. The first-order chi connectivity index (χ1) is 12.5. The van der Waals surface area contributed by atoms with E-state index in [0.717, 1.165) is 18.5 Å². The summed E-state index contributed by atoms with van der Waals surface area (Å²) >= 11 is 0. The topological polar surface area (TPSA) is 43.8 Å². The Hall–Kier alpha value is -2.31. The zero-order chi connectivity index (χ0) is 18.5. The number of rotatable bonds is 4. The van der Waals surface area contributed by atoms with Crippen molar-refractivity contribution >= 4 is 5.91 Å². The zero-order valence-corrected chi connectivity index (χ0v) is 14.4. The Morgan fingerprint density at radius 1 is 0.923 bits per heavy atom. The van der Waals surface area contributed by atoms with Crippen LogP contribution in [-0.4, -0.2) is 47.0 Å². The van der Waals surface area contributed by atoms with Crippen LogP contribution in [0.1, 0.15) is 23.7 Å². The summed E-state index contributed by atoms with van der Waals surface area (Å²) in [5.41, 5.74) is 1.42. The number of carbonyl (C=O) groups excluding carboxylic acids is 1. The quantitative estimate of drug-likeness (QED) is 0.912. The largest absolute Gasteiger partial charge is 0.378 e. The van der Waals surface area contributed by atoms with E-state index in [1.54, 1.807) is 17.0 Å². The van der Waals surface area contributed by atoms with Crippen LogP contribution in [0.3, 0.4) is 0 Å². The zero-order valence-electron chi connectivity index (χ0n) is 14.4. The molecule has 0 saturated carbocycles. The van der Waals surface area contributed by atoms with Gasteiger partial charge in [-0.3, -0.25) is 9.69 Å². The molecule has 1 heterocycles. The summed E-state index contributed by atoms with van der Waals surface area (Å²) in [6, 6.07) is 11.7. The van der Waals surface area contributed by atoms with Crippen molar-refractivity contribution in [1.29, 1.82) is 0 Å². The van der Waals surface area contributed by atoms with E-state index in [4.69, 9.17) is 0 Å². The van der Waals surface area contributed by atoms with E-state index < -0.39 is 11.9 Å². The second-order valence-electron chi connectivity index (χ2n) is 6.54. The second kappa shape index (κ2) is 8.38. The van der Waals surface area contributed by atoms with Gasteiger partial charge >= 0.3 is 0 Å². The molecule has 0 aromatic heterocycles. The molecule has 4 nitrogen and oxygen atoms in total. The van der Waals surface area contributed by atoms with Gasteiger partial charge in [-0.25, -0.2) is 8.78 Å². The van der Waals surface area contributed by atoms with Gasteiger partial charge in [0.25, 0.3) is 5.91 Å². The van der Waals surface area contributed by atoms with Crippen molar-refractivity contribution in [2.45, 2.75) is 19.1 Å². The lowest BCUT2D eigenvalue weighted by atomic mass is 10.1. The Kier molecular flexibility index (Phi) is 5.96. The van der Waals surface area contributed by atoms with Crippen molar-refractivity contribution in [3.63, 3.8) is 0 Å². The van der Waals surface area contributed by atoms with Gasteiger partial charge in [-0.1, -0.05) is 24.3 Å². The van der Waals surface area contributed by atoms with E-state index in [-0.39, 0.29) is 11.7 Å². The average molecular weight is 360 g/mol. The first-order valence-electron chi connectivity index (χ1n) is 8.72. The lowest BCUT2D eigenvalue weighted by Gasteiger charge is -2.24. The molecule has 1 saturated heterocycles. The Bertz CT molecular complexity index is 734. The van der Waals surface area contributed by atoms with Crippen LogP contribution in [0.4, 0.5) is 8.78 Å². The fraction of sp³-hybridized carbons (Fsp3) is 0.350. The highest BCUT2D eigenvalue weighted by atomic mass is 19.1. The summed E-state index contributed by atoms with van der Waals surface area (Å²) in [7, 11) is 0. The van der Waals surface area contributed by atoms with Gasteiger partial charge < -0.3 is 10.0 Å². The maximum Gasteiger partial charge on any atom is 0.256 e. The number of benzene rings is 2. The molecule has 6 heteroatoms. The fourth-order valence-electron chi connectivity index (χ4n) is 3.16. The van der Waals surface area contributed by atoms with E-state index in [9.17, 15) is 18.7 Å². The Morgan fingerprint density at radius 3 is 2.19 bits per heavy atom. The van der Waals surface area contributed by atoms with Crippen LogP contribution in [-0.2, 0) is 11.3 Å². The Balaban J connectivity index is 1.58. The molecule has 1 amide bonds. The smallest absolute Gasteiger partial charge is 0.256 e. The second-order valence-corrected chi connectivity index (χ2v) is 6.54. The molecule has 3 rings (SSSR count). The molecule has 0 unspecified atom stereocenters. The molecule has 1 aliphatic rings. The van der Waals surface area contributed by atoms with Crippen molar-refractivity contribution in [3.8, 4) is 0 Å². The molecule has 0 spiro atoms. The van der Waals surface area contributed by atoms with Crippen LogP contribution < -0.4 is 0 Å². The van der Waals surface area contributed by atoms with Gasteiger partial charge in [-0.2, -0.15) is 0 Å². The number of hydrogen-bond acceptors (Lipinski definition) is 3. The monoisotopic (exact) mass is 360 g/mol. The number of aliphatic hydroxyl groups is 1. The SMILES string of the molecule is O=C([C@H](O)c1ccc(F)cc1)N1CCCN(Cc2ccc(F)cc2)CC1. The summed E-state index contributed by atoms with van der Waals surface area (Å²) in [6.45, 7) is 3.28. The van der Waals surface area contributed by atoms with Gasteiger partial charge in [0.1, 0.15) is 11.6 Å². The molecule has 138 valence electrons. The van der Waals surface area contributed by atoms with E-state index in [1.807, 2.05) is 0 Å². The van der Waals surface area contributed by atoms with Crippen molar-refractivity contribution < 1.29 is 18.7 Å². The highest BCUT2D eigenvalue weighted by Crippen LogP contribution is 2.18. The van der Waals surface area contributed by atoms with Crippen LogP contribution in [0.5, 0.6) is 0 Å². The van der Waals surface area contributed by atoms with Crippen LogP contribution in [0.2, 0.25) is 0 Å². The minimum absolute atomic E-state index is 0.254. The minimum Gasteiger partial charge on any atom is -0.378 e. The van der Waals surface area contributed by atoms with E-state index in [2.05, 4.69) is 4.90 Å². The maximum absolute atomic E-state index is 13.0. The van der Waals surface area contributed by atoms with Crippen LogP contribution >= 0.6 is 0 Å². The summed E-state index contributed by atoms with van der Waals surface area (Å²) in [5, 5.41) is 10.3. The summed E-state index contributed by atoms with van der Waals surface area (Å²) in [5.74, 6) is -1.02. The molecular weight excluding hydrogens is 338 g/mol. The van der Waals surface area contributed by atoms with E-state index >= 15 is 0 Å². The first-order valence-corrected chi connectivity index (χ1v) is 8.72. The molecule has 0 bridgehead atoms. The van der Waals surface area contributed by atoms with Crippen LogP contribution in [0, 0.1) is 11.6 Å². The third-order valence-electron chi connectivity index (χ3n) is 4.64. The molecule has 1 fully saturated rings. The van der Waals surface area contributed by atoms with Crippen molar-refractivity contribution in [2.75, 3.05) is 26.2 Å². The van der Waals surface area contributed by atoms with Gasteiger partial charge in [0.15, 0.2) is 6.10 Å². The Morgan fingerprint density at radius 2 is 1.54 bits per heavy atom. The van der Waals surface area contributed by atoms with Gasteiger partial charge in [0.2, 0.25) is 0 Å². The number of aliphatic hydroxyl groups excluding tert-OH is 1. The lowest BCUT2D eigenvalue weighted by molar-refractivity contribution is -0.140. The maximum atomic E-state index is 13.0. The van der Waals surface area contributed by atoms with Crippen LogP contribution in [0.15, 0.2) is 48.5 Å².